The highest BCUT2D eigenvalue weighted by atomic mass is 32.1. The molecule has 0 saturated heterocycles. The maximum absolute atomic E-state index is 12.9. The molecule has 0 bridgehead atoms. The highest BCUT2D eigenvalue weighted by Crippen LogP contribution is 2.23. The van der Waals surface area contributed by atoms with Gasteiger partial charge in [-0.1, -0.05) is 24.3 Å². The molecule has 0 saturated carbocycles. The Kier molecular flexibility index (Phi) is 5.20. The zero-order chi connectivity index (χ0) is 17.6. The van der Waals surface area contributed by atoms with Gasteiger partial charge in [-0.25, -0.2) is 14.1 Å². The van der Waals surface area contributed by atoms with Crippen molar-refractivity contribution < 1.29 is 9.13 Å². The number of hydrogen-bond acceptors (Lipinski definition) is 4. The first-order chi connectivity index (χ1) is 12.1. The average molecular weight is 357 g/mol. The molecular formula is C17H16FN5OS. The van der Waals surface area contributed by atoms with E-state index in [0.29, 0.717) is 23.4 Å². The minimum absolute atomic E-state index is 0.266. The van der Waals surface area contributed by atoms with E-state index >= 15 is 0 Å². The molecule has 0 spiro atoms. The van der Waals surface area contributed by atoms with Crippen LogP contribution in [0.15, 0.2) is 54.9 Å². The lowest BCUT2D eigenvalue weighted by Crippen LogP contribution is -2.20. The highest BCUT2D eigenvalue weighted by Gasteiger charge is 2.07. The summed E-state index contributed by atoms with van der Waals surface area (Å²) < 4.78 is 19.8. The van der Waals surface area contributed by atoms with E-state index in [1.54, 1.807) is 30.3 Å². The number of methoxy groups -OCH3 is 1. The number of hydrogen-bond donors (Lipinski definition) is 2. The molecular weight excluding hydrogens is 341 g/mol. The molecule has 0 radical (unpaired) electrons. The van der Waals surface area contributed by atoms with E-state index in [9.17, 15) is 4.39 Å². The number of para-hydroxylation sites is 2. The van der Waals surface area contributed by atoms with Crippen LogP contribution in [-0.4, -0.2) is 27.0 Å². The van der Waals surface area contributed by atoms with Crippen LogP contribution in [0, 0.1) is 5.82 Å². The van der Waals surface area contributed by atoms with Crippen LogP contribution in [-0.2, 0) is 6.54 Å². The molecule has 3 aromatic rings. The van der Waals surface area contributed by atoms with Crippen LogP contribution in [0.2, 0.25) is 0 Å². The van der Waals surface area contributed by atoms with Crippen LogP contribution in [0.4, 0.5) is 16.0 Å². The van der Waals surface area contributed by atoms with E-state index in [2.05, 4.69) is 20.7 Å². The smallest absolute Gasteiger partial charge is 0.248 e. The van der Waals surface area contributed by atoms with Gasteiger partial charge < -0.3 is 10.1 Å². The summed E-state index contributed by atoms with van der Waals surface area (Å²) in [6.07, 6.45) is 1.58. The predicted octanol–water partition coefficient (Wildman–Crippen LogP) is 3.28. The van der Waals surface area contributed by atoms with Crippen molar-refractivity contribution in [2.24, 2.45) is 0 Å². The molecule has 0 aliphatic rings. The molecule has 3 rings (SSSR count). The fourth-order valence-electron chi connectivity index (χ4n) is 2.21. The zero-order valence-electron chi connectivity index (χ0n) is 13.4. The minimum atomic E-state index is -0.266. The summed E-state index contributed by atoms with van der Waals surface area (Å²) in [5.74, 6) is 0.786. The first-order valence-electron chi connectivity index (χ1n) is 7.49. The molecule has 0 atom stereocenters. The van der Waals surface area contributed by atoms with E-state index in [0.717, 1.165) is 11.3 Å². The third-order valence-corrected chi connectivity index (χ3v) is 3.58. The lowest BCUT2D eigenvalue weighted by molar-refractivity contribution is 0.417. The molecule has 1 heterocycles. The second-order valence-electron chi connectivity index (χ2n) is 5.17. The Morgan fingerprint density at radius 3 is 2.68 bits per heavy atom. The minimum Gasteiger partial charge on any atom is -0.495 e. The summed E-state index contributed by atoms with van der Waals surface area (Å²) in [6.45, 7) is 0.488. The average Bonchev–Trinajstić information content (AvgIpc) is 3.04. The molecule has 1 aromatic heterocycles. The van der Waals surface area contributed by atoms with Gasteiger partial charge in [-0.15, -0.1) is 5.10 Å². The SMILES string of the molecule is COc1ccccc1NC(=S)Nc1ncn(Cc2ccc(F)cc2)n1. The number of aromatic nitrogens is 3. The number of anilines is 2. The molecule has 0 aliphatic heterocycles. The number of rotatable bonds is 5. The second kappa shape index (κ2) is 7.71. The van der Waals surface area contributed by atoms with E-state index in [1.807, 2.05) is 24.3 Å². The zero-order valence-corrected chi connectivity index (χ0v) is 14.3. The Labute approximate surface area is 149 Å². The van der Waals surface area contributed by atoms with Crippen LogP contribution in [0.25, 0.3) is 0 Å². The number of thiocarbonyl (C=S) groups is 1. The van der Waals surface area contributed by atoms with Gasteiger partial charge in [0.1, 0.15) is 17.9 Å². The third kappa shape index (κ3) is 4.51. The van der Waals surface area contributed by atoms with E-state index < -0.39 is 0 Å². The van der Waals surface area contributed by atoms with Crippen LogP contribution < -0.4 is 15.4 Å². The lowest BCUT2D eigenvalue weighted by atomic mass is 10.2. The third-order valence-electron chi connectivity index (χ3n) is 3.37. The molecule has 2 aromatic carbocycles. The van der Waals surface area contributed by atoms with Crippen molar-refractivity contribution in [1.29, 1.82) is 0 Å². The molecule has 0 unspecified atom stereocenters. The molecule has 0 aliphatic carbocycles. The van der Waals surface area contributed by atoms with Gasteiger partial charge in [0.15, 0.2) is 5.11 Å². The maximum atomic E-state index is 12.9. The van der Waals surface area contributed by atoms with Crippen LogP contribution in [0.3, 0.4) is 0 Å². The molecule has 0 fully saturated rings. The Hall–Kier alpha value is -3.00. The summed E-state index contributed by atoms with van der Waals surface area (Å²) in [7, 11) is 1.59. The standard InChI is InChI=1S/C17H16FN5OS/c1-24-15-5-3-2-4-14(15)20-17(25)21-16-19-11-23(22-16)10-12-6-8-13(18)9-7-12/h2-9,11H,10H2,1H3,(H2,20,21,22,25). The molecule has 6 nitrogen and oxygen atoms in total. The quantitative estimate of drug-likeness (QED) is 0.683. The summed E-state index contributed by atoms with van der Waals surface area (Å²) in [4.78, 5) is 4.16. The number of nitrogens with one attached hydrogen (secondary N) is 2. The molecule has 128 valence electrons. The summed E-state index contributed by atoms with van der Waals surface area (Å²) >= 11 is 5.27. The van der Waals surface area contributed by atoms with Gasteiger partial charge in [0, 0.05) is 0 Å². The molecule has 2 N–H and O–H groups in total. The first-order valence-corrected chi connectivity index (χ1v) is 7.90. The number of benzene rings is 2. The number of halogens is 1. The Bertz CT molecular complexity index is 865. The normalized spacial score (nSPS) is 10.3. The topological polar surface area (TPSA) is 64.0 Å². The van der Waals surface area contributed by atoms with Gasteiger partial charge in [-0.05, 0) is 42.0 Å². The van der Waals surface area contributed by atoms with Gasteiger partial charge >= 0.3 is 0 Å². The Morgan fingerprint density at radius 2 is 1.92 bits per heavy atom. The second-order valence-corrected chi connectivity index (χ2v) is 5.58. The van der Waals surface area contributed by atoms with Crippen molar-refractivity contribution in [3.63, 3.8) is 0 Å². The molecule has 0 amide bonds. The van der Waals surface area contributed by atoms with Crippen molar-refractivity contribution in [3.8, 4) is 5.75 Å². The fourth-order valence-corrected chi connectivity index (χ4v) is 2.41. The van der Waals surface area contributed by atoms with Crippen LogP contribution in [0.5, 0.6) is 5.75 Å². The largest absolute Gasteiger partial charge is 0.495 e. The van der Waals surface area contributed by atoms with Crippen molar-refractivity contribution in [2.75, 3.05) is 17.7 Å². The summed E-state index contributed by atoms with van der Waals surface area (Å²) in [6, 6.07) is 13.7. The first kappa shape index (κ1) is 16.8. The van der Waals surface area contributed by atoms with Crippen LogP contribution >= 0.6 is 12.2 Å². The van der Waals surface area contributed by atoms with Crippen LogP contribution in [0.1, 0.15) is 5.56 Å². The number of nitrogens with zero attached hydrogens (tertiary/aromatic N) is 3. The summed E-state index contributed by atoms with van der Waals surface area (Å²) in [5, 5.41) is 10.6. The number of ether oxygens (including phenoxy) is 1. The van der Waals surface area contributed by atoms with Crippen molar-refractivity contribution in [3.05, 3.63) is 66.2 Å². The van der Waals surface area contributed by atoms with Gasteiger partial charge in [-0.2, -0.15) is 0 Å². The fraction of sp³-hybridized carbons (Fsp3) is 0.118. The summed E-state index contributed by atoms with van der Waals surface area (Å²) in [5.41, 5.74) is 1.67. The van der Waals surface area contributed by atoms with E-state index in [1.165, 1.54) is 12.1 Å². The molecule has 8 heteroatoms. The monoisotopic (exact) mass is 357 g/mol. The van der Waals surface area contributed by atoms with E-state index in [4.69, 9.17) is 17.0 Å². The van der Waals surface area contributed by atoms with Gasteiger partial charge in [-0.3, -0.25) is 5.32 Å². The Morgan fingerprint density at radius 1 is 1.16 bits per heavy atom. The van der Waals surface area contributed by atoms with Crippen molar-refractivity contribution in [1.82, 2.24) is 14.8 Å². The highest BCUT2D eigenvalue weighted by molar-refractivity contribution is 7.80. The van der Waals surface area contributed by atoms with E-state index in [-0.39, 0.29) is 5.82 Å². The molecule has 25 heavy (non-hydrogen) atoms. The predicted molar refractivity (Wildman–Crippen MR) is 98.4 cm³/mol. The van der Waals surface area contributed by atoms with Gasteiger partial charge in [0.2, 0.25) is 5.95 Å². The van der Waals surface area contributed by atoms with Crippen molar-refractivity contribution in [2.45, 2.75) is 6.54 Å². The van der Waals surface area contributed by atoms with Crippen molar-refractivity contribution >= 4 is 29.0 Å². The Balaban J connectivity index is 1.61. The lowest BCUT2D eigenvalue weighted by Gasteiger charge is -2.11. The van der Waals surface area contributed by atoms with Gasteiger partial charge in [0.25, 0.3) is 0 Å². The van der Waals surface area contributed by atoms with Gasteiger partial charge in [0.05, 0.1) is 19.3 Å². The maximum Gasteiger partial charge on any atom is 0.248 e.